The molecule has 1 aliphatic carbocycles. The van der Waals surface area contributed by atoms with Crippen LogP contribution in [0, 0.1) is 20.8 Å². The Balaban J connectivity index is 1.82. The van der Waals surface area contributed by atoms with Gasteiger partial charge in [0.05, 0.1) is 6.42 Å². The van der Waals surface area contributed by atoms with Crippen molar-refractivity contribution in [1.29, 1.82) is 0 Å². The molecule has 1 fully saturated rings. The number of hydrogen-bond donors (Lipinski definition) is 1. The Morgan fingerprint density at radius 1 is 1.00 bits per heavy atom. The molecule has 0 spiro atoms. The highest BCUT2D eigenvalue weighted by Crippen LogP contribution is 2.20. The summed E-state index contributed by atoms with van der Waals surface area (Å²) in [5.41, 5.74) is 5.48. The van der Waals surface area contributed by atoms with E-state index in [1.807, 2.05) is 52.0 Å². The van der Waals surface area contributed by atoms with E-state index in [9.17, 15) is 9.59 Å². The third-order valence-corrected chi connectivity index (χ3v) is 6.32. The van der Waals surface area contributed by atoms with E-state index in [1.54, 1.807) is 4.90 Å². The van der Waals surface area contributed by atoms with Gasteiger partial charge in [-0.2, -0.15) is 0 Å². The maximum Gasteiger partial charge on any atom is 0.242 e. The fraction of sp³-hybridized carbons (Fsp3) is 0.462. The van der Waals surface area contributed by atoms with Crippen molar-refractivity contribution in [2.45, 2.75) is 78.4 Å². The van der Waals surface area contributed by atoms with Crippen LogP contribution in [0.4, 0.5) is 0 Å². The molecule has 2 amide bonds. The van der Waals surface area contributed by atoms with Gasteiger partial charge in [-0.25, -0.2) is 0 Å². The molecule has 4 heteroatoms. The van der Waals surface area contributed by atoms with Gasteiger partial charge in [-0.05, 0) is 62.8 Å². The van der Waals surface area contributed by atoms with Crippen LogP contribution >= 0.6 is 0 Å². The number of nitrogens with zero attached hydrogens (tertiary/aromatic N) is 1. The molecule has 0 bridgehead atoms. The van der Waals surface area contributed by atoms with Gasteiger partial charge >= 0.3 is 0 Å². The van der Waals surface area contributed by atoms with Crippen molar-refractivity contribution in [2.75, 3.05) is 0 Å². The van der Waals surface area contributed by atoms with Gasteiger partial charge in [0.15, 0.2) is 0 Å². The molecule has 1 saturated carbocycles. The lowest BCUT2D eigenvalue weighted by Crippen LogP contribution is -2.50. The summed E-state index contributed by atoms with van der Waals surface area (Å²) >= 11 is 0. The highest BCUT2D eigenvalue weighted by molar-refractivity contribution is 5.88. The first-order valence-corrected chi connectivity index (χ1v) is 11.1. The second-order valence-electron chi connectivity index (χ2n) is 8.72. The number of carbonyl (C=O) groups is 2. The summed E-state index contributed by atoms with van der Waals surface area (Å²) in [6.45, 7) is 8.41. The van der Waals surface area contributed by atoms with E-state index >= 15 is 0 Å². The van der Waals surface area contributed by atoms with Gasteiger partial charge in [0, 0.05) is 12.6 Å². The third-order valence-electron chi connectivity index (χ3n) is 6.32. The van der Waals surface area contributed by atoms with Crippen molar-refractivity contribution < 1.29 is 9.59 Å². The predicted octanol–water partition coefficient (Wildman–Crippen LogP) is 4.63. The number of aryl methyl sites for hydroxylation is 3. The minimum absolute atomic E-state index is 0.0129. The molecule has 1 unspecified atom stereocenters. The van der Waals surface area contributed by atoms with E-state index < -0.39 is 6.04 Å². The van der Waals surface area contributed by atoms with Gasteiger partial charge in [0.2, 0.25) is 11.8 Å². The normalized spacial score (nSPS) is 15.1. The molecule has 30 heavy (non-hydrogen) atoms. The number of amides is 2. The van der Waals surface area contributed by atoms with Gasteiger partial charge in [-0.15, -0.1) is 0 Å². The standard InChI is InChI=1S/C26H34N2O2/c1-18-13-14-20(3)23(15-18)16-25(29)28(17-22-10-6-5-9-19(22)2)21(4)26(30)27-24-11-7-8-12-24/h5-6,9-10,13-15,21,24H,7-8,11-12,16-17H2,1-4H3,(H,27,30). The third kappa shape index (κ3) is 5.50. The maximum absolute atomic E-state index is 13.4. The largest absolute Gasteiger partial charge is 0.352 e. The van der Waals surface area contributed by atoms with Crippen LogP contribution in [0.5, 0.6) is 0 Å². The highest BCUT2D eigenvalue weighted by atomic mass is 16.2. The number of benzene rings is 2. The predicted molar refractivity (Wildman–Crippen MR) is 121 cm³/mol. The highest BCUT2D eigenvalue weighted by Gasteiger charge is 2.29. The summed E-state index contributed by atoms with van der Waals surface area (Å²) < 4.78 is 0. The molecular weight excluding hydrogens is 372 g/mol. The van der Waals surface area contributed by atoms with Gasteiger partial charge in [0.25, 0.3) is 0 Å². The summed E-state index contributed by atoms with van der Waals surface area (Å²) in [6.07, 6.45) is 4.70. The van der Waals surface area contributed by atoms with Crippen LogP contribution in [-0.4, -0.2) is 28.8 Å². The Morgan fingerprint density at radius 3 is 2.37 bits per heavy atom. The minimum atomic E-state index is -0.511. The van der Waals surface area contributed by atoms with Crippen LogP contribution in [0.25, 0.3) is 0 Å². The number of rotatable bonds is 7. The molecule has 3 rings (SSSR count). The molecule has 4 nitrogen and oxygen atoms in total. The lowest BCUT2D eigenvalue weighted by atomic mass is 10.0. The summed E-state index contributed by atoms with van der Waals surface area (Å²) in [4.78, 5) is 28.2. The average Bonchev–Trinajstić information content (AvgIpc) is 3.22. The molecule has 2 aromatic rings. The van der Waals surface area contributed by atoms with Crippen molar-refractivity contribution >= 4 is 11.8 Å². The quantitative estimate of drug-likeness (QED) is 0.729. The Morgan fingerprint density at radius 2 is 1.67 bits per heavy atom. The van der Waals surface area contributed by atoms with E-state index in [-0.39, 0.29) is 17.9 Å². The van der Waals surface area contributed by atoms with Crippen LogP contribution in [0.2, 0.25) is 0 Å². The molecule has 0 aliphatic heterocycles. The second kappa shape index (κ2) is 9.92. The molecule has 0 radical (unpaired) electrons. The summed E-state index contributed by atoms with van der Waals surface area (Å²) in [5.74, 6) is -0.0641. The summed E-state index contributed by atoms with van der Waals surface area (Å²) in [5, 5.41) is 3.17. The van der Waals surface area contributed by atoms with Crippen molar-refractivity contribution in [2.24, 2.45) is 0 Å². The Hall–Kier alpha value is -2.62. The van der Waals surface area contributed by atoms with E-state index in [0.717, 1.165) is 53.5 Å². The molecule has 0 aromatic heterocycles. The number of carbonyl (C=O) groups excluding carboxylic acids is 2. The zero-order valence-electron chi connectivity index (χ0n) is 18.7. The van der Waals surface area contributed by atoms with Crippen molar-refractivity contribution in [3.05, 3.63) is 70.3 Å². The Kier molecular flexibility index (Phi) is 7.30. The smallest absolute Gasteiger partial charge is 0.242 e. The second-order valence-corrected chi connectivity index (χ2v) is 8.72. The average molecular weight is 407 g/mol. The van der Waals surface area contributed by atoms with E-state index in [1.165, 1.54) is 0 Å². The van der Waals surface area contributed by atoms with E-state index in [2.05, 4.69) is 23.5 Å². The SMILES string of the molecule is Cc1ccc(C)c(CC(=O)N(Cc2ccccc2C)C(C)C(=O)NC2CCCC2)c1. The Labute approximate surface area is 180 Å². The molecule has 1 N–H and O–H groups in total. The van der Waals surface area contributed by atoms with Crippen LogP contribution in [0.15, 0.2) is 42.5 Å². The zero-order chi connectivity index (χ0) is 21.7. The lowest BCUT2D eigenvalue weighted by molar-refractivity contribution is -0.140. The van der Waals surface area contributed by atoms with Gasteiger partial charge in [0.1, 0.15) is 6.04 Å². The van der Waals surface area contributed by atoms with Gasteiger partial charge < -0.3 is 10.2 Å². The molecule has 160 valence electrons. The molecule has 0 heterocycles. The molecule has 1 aliphatic rings. The van der Waals surface area contributed by atoms with Crippen molar-refractivity contribution in [1.82, 2.24) is 10.2 Å². The minimum Gasteiger partial charge on any atom is -0.352 e. The van der Waals surface area contributed by atoms with Gasteiger partial charge in [-0.1, -0.05) is 60.9 Å². The van der Waals surface area contributed by atoms with Crippen LogP contribution in [-0.2, 0) is 22.6 Å². The zero-order valence-corrected chi connectivity index (χ0v) is 18.7. The molecule has 0 saturated heterocycles. The summed E-state index contributed by atoms with van der Waals surface area (Å²) in [6, 6.07) is 14.0. The van der Waals surface area contributed by atoms with E-state index in [0.29, 0.717) is 13.0 Å². The number of nitrogens with one attached hydrogen (secondary N) is 1. The van der Waals surface area contributed by atoms with Crippen LogP contribution < -0.4 is 5.32 Å². The van der Waals surface area contributed by atoms with E-state index in [4.69, 9.17) is 0 Å². The number of hydrogen-bond acceptors (Lipinski definition) is 2. The topological polar surface area (TPSA) is 49.4 Å². The van der Waals surface area contributed by atoms with Crippen LogP contribution in [0.1, 0.15) is 60.4 Å². The molecule has 1 atom stereocenters. The first-order valence-electron chi connectivity index (χ1n) is 11.1. The maximum atomic E-state index is 13.4. The fourth-order valence-corrected chi connectivity index (χ4v) is 4.20. The van der Waals surface area contributed by atoms with Crippen LogP contribution in [0.3, 0.4) is 0 Å². The fourth-order valence-electron chi connectivity index (χ4n) is 4.20. The monoisotopic (exact) mass is 406 g/mol. The lowest BCUT2D eigenvalue weighted by Gasteiger charge is -2.30. The van der Waals surface area contributed by atoms with Crippen molar-refractivity contribution in [3.63, 3.8) is 0 Å². The summed E-state index contributed by atoms with van der Waals surface area (Å²) in [7, 11) is 0. The first-order chi connectivity index (χ1) is 14.3. The molecular formula is C26H34N2O2. The van der Waals surface area contributed by atoms with Gasteiger partial charge in [-0.3, -0.25) is 9.59 Å². The molecule has 2 aromatic carbocycles. The first kappa shape index (κ1) is 22.1. The Bertz CT molecular complexity index is 900. The van der Waals surface area contributed by atoms with Crippen molar-refractivity contribution in [3.8, 4) is 0 Å².